The van der Waals surface area contributed by atoms with Crippen LogP contribution < -0.4 is 0 Å². The summed E-state index contributed by atoms with van der Waals surface area (Å²) in [7, 11) is 0. The molecule has 2 aromatic carbocycles. The summed E-state index contributed by atoms with van der Waals surface area (Å²) in [6.45, 7) is 13.3. The first-order valence-electron chi connectivity index (χ1n) is 9.80. The van der Waals surface area contributed by atoms with Gasteiger partial charge < -0.3 is 0 Å². The Kier molecular flexibility index (Phi) is 4.63. The van der Waals surface area contributed by atoms with Crippen LogP contribution in [-0.4, -0.2) is 4.98 Å². The smallest absolute Gasteiger partial charge is 0.0709 e. The van der Waals surface area contributed by atoms with Gasteiger partial charge in [0.15, 0.2) is 0 Å². The summed E-state index contributed by atoms with van der Waals surface area (Å²) in [4.78, 5) is 6.10. The van der Waals surface area contributed by atoms with E-state index in [0.29, 0.717) is 0 Å². The second-order valence-electron chi connectivity index (χ2n) is 8.93. The summed E-state index contributed by atoms with van der Waals surface area (Å²) in [5, 5.41) is 1.27. The summed E-state index contributed by atoms with van der Waals surface area (Å²) >= 11 is 1.82. The fraction of sp³-hybridized carbons (Fsp3) is 0.269. The second kappa shape index (κ2) is 6.86. The molecule has 4 rings (SSSR count). The van der Waals surface area contributed by atoms with Gasteiger partial charge in [-0.1, -0.05) is 61.7 Å². The number of rotatable bonds is 2. The lowest BCUT2D eigenvalue weighted by Crippen LogP contribution is -2.11. The van der Waals surface area contributed by atoms with Gasteiger partial charge in [-0.3, -0.25) is 4.98 Å². The van der Waals surface area contributed by atoms with Crippen molar-refractivity contribution < 1.29 is 0 Å². The SMILES string of the molecule is Cc1cc(C)cc(-c2cc3cc(-c4cc(C)cc(C(C)(C)C)c4)ncc3s2)c1. The Labute approximate surface area is 172 Å². The maximum atomic E-state index is 4.79. The van der Waals surface area contributed by atoms with E-state index in [0.717, 1.165) is 5.69 Å². The molecule has 1 nitrogen and oxygen atoms in total. The van der Waals surface area contributed by atoms with Crippen LogP contribution in [0.15, 0.2) is 54.7 Å². The molecule has 4 aromatic rings. The number of aromatic nitrogens is 1. The van der Waals surface area contributed by atoms with Crippen LogP contribution in [0.25, 0.3) is 31.8 Å². The number of hydrogen-bond donors (Lipinski definition) is 0. The van der Waals surface area contributed by atoms with Crippen LogP contribution in [0.2, 0.25) is 0 Å². The third kappa shape index (κ3) is 3.74. The molecule has 0 saturated carbocycles. The topological polar surface area (TPSA) is 12.9 Å². The van der Waals surface area contributed by atoms with Gasteiger partial charge in [0.2, 0.25) is 0 Å². The van der Waals surface area contributed by atoms with E-state index in [1.807, 2.05) is 17.5 Å². The summed E-state index contributed by atoms with van der Waals surface area (Å²) < 4.78 is 1.24. The quantitative estimate of drug-likeness (QED) is 0.342. The molecular formula is C26H27NS. The van der Waals surface area contributed by atoms with Crippen molar-refractivity contribution in [2.24, 2.45) is 0 Å². The lowest BCUT2D eigenvalue weighted by molar-refractivity contribution is 0.590. The fourth-order valence-electron chi connectivity index (χ4n) is 3.73. The highest BCUT2D eigenvalue weighted by molar-refractivity contribution is 7.22. The highest BCUT2D eigenvalue weighted by atomic mass is 32.1. The molecule has 0 saturated heterocycles. The minimum atomic E-state index is 0.128. The van der Waals surface area contributed by atoms with Crippen LogP contribution in [0.3, 0.4) is 0 Å². The van der Waals surface area contributed by atoms with E-state index in [1.54, 1.807) is 0 Å². The number of fused-ring (bicyclic) bond motifs is 1. The van der Waals surface area contributed by atoms with Crippen LogP contribution in [0.1, 0.15) is 43.0 Å². The Morgan fingerprint density at radius 1 is 0.714 bits per heavy atom. The van der Waals surface area contributed by atoms with Crippen molar-refractivity contribution in [1.29, 1.82) is 0 Å². The fourth-order valence-corrected chi connectivity index (χ4v) is 4.73. The van der Waals surface area contributed by atoms with E-state index >= 15 is 0 Å². The number of nitrogens with zero attached hydrogens (tertiary/aromatic N) is 1. The average molecular weight is 386 g/mol. The lowest BCUT2D eigenvalue weighted by atomic mass is 9.85. The van der Waals surface area contributed by atoms with E-state index in [1.165, 1.54) is 48.3 Å². The van der Waals surface area contributed by atoms with Gasteiger partial charge in [0, 0.05) is 16.6 Å². The van der Waals surface area contributed by atoms with Crippen molar-refractivity contribution in [2.45, 2.75) is 47.0 Å². The van der Waals surface area contributed by atoms with E-state index in [9.17, 15) is 0 Å². The molecule has 0 radical (unpaired) electrons. The Morgan fingerprint density at radius 3 is 2.04 bits per heavy atom. The molecule has 2 aromatic heterocycles. The van der Waals surface area contributed by atoms with Gasteiger partial charge in [-0.05, 0) is 67.0 Å². The van der Waals surface area contributed by atoms with Gasteiger partial charge in [0.25, 0.3) is 0 Å². The first-order valence-corrected chi connectivity index (χ1v) is 10.6. The van der Waals surface area contributed by atoms with Gasteiger partial charge in [-0.25, -0.2) is 0 Å². The van der Waals surface area contributed by atoms with Crippen molar-refractivity contribution in [3.05, 3.63) is 77.0 Å². The zero-order valence-electron chi connectivity index (χ0n) is 17.6. The van der Waals surface area contributed by atoms with Gasteiger partial charge in [0.1, 0.15) is 0 Å². The van der Waals surface area contributed by atoms with Crippen molar-refractivity contribution in [2.75, 3.05) is 0 Å². The van der Waals surface area contributed by atoms with Crippen molar-refractivity contribution in [3.63, 3.8) is 0 Å². The molecular weight excluding hydrogens is 358 g/mol. The first kappa shape index (κ1) is 18.9. The Bertz CT molecular complexity index is 1150. The van der Waals surface area contributed by atoms with Gasteiger partial charge in [-0.15, -0.1) is 11.3 Å². The minimum Gasteiger partial charge on any atom is -0.255 e. The summed E-state index contributed by atoms with van der Waals surface area (Å²) in [6, 6.07) is 18.1. The van der Waals surface area contributed by atoms with Crippen LogP contribution >= 0.6 is 11.3 Å². The molecule has 0 aliphatic heterocycles. The monoisotopic (exact) mass is 385 g/mol. The van der Waals surface area contributed by atoms with Gasteiger partial charge >= 0.3 is 0 Å². The van der Waals surface area contributed by atoms with Gasteiger partial charge in [-0.2, -0.15) is 0 Å². The molecule has 0 bridgehead atoms. The predicted octanol–water partition coefficient (Wildman–Crippen LogP) is 7.85. The zero-order valence-corrected chi connectivity index (χ0v) is 18.4. The largest absolute Gasteiger partial charge is 0.255 e. The van der Waals surface area contributed by atoms with Crippen molar-refractivity contribution >= 4 is 21.4 Å². The maximum absolute atomic E-state index is 4.79. The van der Waals surface area contributed by atoms with Crippen LogP contribution in [0.5, 0.6) is 0 Å². The summed E-state index contributed by atoms with van der Waals surface area (Å²) in [5.74, 6) is 0. The van der Waals surface area contributed by atoms with E-state index in [2.05, 4.69) is 90.1 Å². The molecule has 142 valence electrons. The van der Waals surface area contributed by atoms with Gasteiger partial charge in [0.05, 0.1) is 10.4 Å². The molecule has 0 aliphatic carbocycles. The van der Waals surface area contributed by atoms with E-state index < -0.39 is 0 Å². The normalized spacial score (nSPS) is 11.9. The molecule has 0 spiro atoms. The summed E-state index contributed by atoms with van der Waals surface area (Å²) in [5.41, 5.74) is 8.92. The average Bonchev–Trinajstić information content (AvgIpc) is 3.03. The predicted molar refractivity (Wildman–Crippen MR) is 123 cm³/mol. The van der Waals surface area contributed by atoms with Crippen LogP contribution in [0.4, 0.5) is 0 Å². The molecule has 0 atom stereocenters. The number of thiophene rings is 1. The molecule has 0 amide bonds. The molecule has 2 heterocycles. The van der Waals surface area contributed by atoms with E-state index in [-0.39, 0.29) is 5.41 Å². The molecule has 2 heteroatoms. The standard InChI is InChI=1S/C26H27NS/c1-16-7-17(2)10-20(9-16)24-14-21-13-23(27-15-25(21)28-24)19-8-18(3)11-22(12-19)26(4,5)6/h7-15H,1-6H3. The third-order valence-electron chi connectivity index (χ3n) is 5.15. The molecule has 0 fully saturated rings. The lowest BCUT2D eigenvalue weighted by Gasteiger charge is -2.20. The Morgan fingerprint density at radius 2 is 1.36 bits per heavy atom. The third-order valence-corrected chi connectivity index (χ3v) is 6.28. The zero-order chi connectivity index (χ0) is 20.1. The number of aryl methyl sites for hydroxylation is 3. The van der Waals surface area contributed by atoms with Crippen molar-refractivity contribution in [3.8, 4) is 21.7 Å². The Balaban J connectivity index is 1.80. The maximum Gasteiger partial charge on any atom is 0.0709 e. The number of hydrogen-bond acceptors (Lipinski definition) is 2. The molecule has 0 aliphatic rings. The Hall–Kier alpha value is -2.45. The molecule has 0 unspecified atom stereocenters. The number of pyridine rings is 1. The number of benzene rings is 2. The van der Waals surface area contributed by atoms with Crippen LogP contribution in [0, 0.1) is 20.8 Å². The van der Waals surface area contributed by atoms with E-state index in [4.69, 9.17) is 4.98 Å². The molecule has 28 heavy (non-hydrogen) atoms. The van der Waals surface area contributed by atoms with Crippen molar-refractivity contribution in [1.82, 2.24) is 4.98 Å². The molecule has 0 N–H and O–H groups in total. The highest BCUT2D eigenvalue weighted by Gasteiger charge is 2.16. The minimum absolute atomic E-state index is 0.128. The summed E-state index contributed by atoms with van der Waals surface area (Å²) in [6.07, 6.45) is 2.03. The highest BCUT2D eigenvalue weighted by Crippen LogP contribution is 2.36. The first-order chi connectivity index (χ1) is 13.2. The second-order valence-corrected chi connectivity index (χ2v) is 10.0. The van der Waals surface area contributed by atoms with Crippen LogP contribution in [-0.2, 0) is 5.41 Å².